The topological polar surface area (TPSA) is 174 Å². The van der Waals surface area contributed by atoms with E-state index in [1.807, 2.05) is 39.8 Å². The highest BCUT2D eigenvalue weighted by Crippen LogP contribution is 2.39. The van der Waals surface area contributed by atoms with E-state index in [1.54, 1.807) is 54.3 Å². The van der Waals surface area contributed by atoms with Gasteiger partial charge in [0.15, 0.2) is 0 Å². The van der Waals surface area contributed by atoms with Gasteiger partial charge in [0.05, 0.1) is 23.8 Å². The summed E-state index contributed by atoms with van der Waals surface area (Å²) in [6.07, 6.45) is -0.221. The fourth-order valence-corrected chi connectivity index (χ4v) is 7.43. The molecule has 324 valence electrons. The Morgan fingerprint density at radius 3 is 1.89 bits per heavy atom. The maximum atomic E-state index is 13.9. The van der Waals surface area contributed by atoms with Crippen LogP contribution < -0.4 is 26.4 Å². The van der Waals surface area contributed by atoms with E-state index in [1.165, 1.54) is 30.6 Å². The minimum absolute atomic E-state index is 0.0372. The molecule has 1 saturated heterocycles. The number of ether oxygens (including phenoxy) is 1. The highest BCUT2D eigenvalue weighted by atomic mass is 19.4. The molecule has 1 aliphatic heterocycles. The molecule has 0 unspecified atom stereocenters. The van der Waals surface area contributed by atoms with Crippen molar-refractivity contribution in [3.8, 4) is 5.75 Å². The van der Waals surface area contributed by atoms with Gasteiger partial charge in [-0.15, -0.1) is 0 Å². The summed E-state index contributed by atoms with van der Waals surface area (Å²) in [6.45, 7) is 10.7. The maximum absolute atomic E-state index is 13.9. The van der Waals surface area contributed by atoms with Crippen LogP contribution in [0.5, 0.6) is 5.75 Å². The van der Waals surface area contributed by atoms with Crippen molar-refractivity contribution >= 4 is 56.7 Å². The second-order valence-electron chi connectivity index (χ2n) is 16.0. The molecule has 0 spiro atoms. The number of H-pyrrole nitrogens is 2. The lowest BCUT2D eigenvalue weighted by atomic mass is 9.84. The molecule has 1 aliphatic rings. The molecule has 7 rings (SSSR count). The van der Waals surface area contributed by atoms with Gasteiger partial charge in [-0.2, -0.15) is 13.2 Å². The van der Waals surface area contributed by atoms with Crippen LogP contribution >= 0.6 is 0 Å². The molecular formula is C47H48F3N5O7. The van der Waals surface area contributed by atoms with Gasteiger partial charge in [-0.05, 0) is 91.3 Å². The highest BCUT2D eigenvalue weighted by molar-refractivity contribution is 6.07. The van der Waals surface area contributed by atoms with Gasteiger partial charge in [0.1, 0.15) is 16.9 Å². The number of amides is 2. The van der Waals surface area contributed by atoms with Crippen molar-refractivity contribution < 1.29 is 37.4 Å². The summed E-state index contributed by atoms with van der Waals surface area (Å²) in [5.41, 5.74) is 0.832. The first-order valence-electron chi connectivity index (χ1n) is 20.2. The average molecular weight is 852 g/mol. The molecule has 5 N–H and O–H groups in total. The molecule has 62 heavy (non-hydrogen) atoms. The van der Waals surface area contributed by atoms with Crippen LogP contribution in [0.4, 0.5) is 30.2 Å². The number of aromatic amines is 2. The van der Waals surface area contributed by atoms with Crippen molar-refractivity contribution in [1.82, 2.24) is 9.97 Å². The number of carbonyl (C=O) groups is 3. The van der Waals surface area contributed by atoms with E-state index in [0.717, 1.165) is 17.2 Å². The summed E-state index contributed by atoms with van der Waals surface area (Å²) in [5.74, 6) is -2.10. The molecule has 15 heteroatoms. The van der Waals surface area contributed by atoms with Crippen molar-refractivity contribution in [1.29, 1.82) is 0 Å². The van der Waals surface area contributed by atoms with Crippen LogP contribution in [0.1, 0.15) is 84.9 Å². The molecule has 2 aromatic heterocycles. The molecule has 6 aromatic rings. The number of aryl methyl sites for hydroxylation is 1. The number of benzene rings is 4. The monoisotopic (exact) mass is 851 g/mol. The third-order valence-corrected chi connectivity index (χ3v) is 10.7. The molecular weight excluding hydrogens is 804 g/mol. The minimum Gasteiger partial charge on any atom is -0.508 e. The lowest BCUT2D eigenvalue weighted by Gasteiger charge is -2.33. The van der Waals surface area contributed by atoms with Crippen LogP contribution in [0, 0.1) is 5.92 Å². The first-order valence-corrected chi connectivity index (χ1v) is 20.2. The highest BCUT2D eigenvalue weighted by Gasteiger charge is 2.36. The number of halogens is 3. The zero-order valence-electron chi connectivity index (χ0n) is 35.0. The summed E-state index contributed by atoms with van der Waals surface area (Å²) >= 11 is 0. The zero-order valence-corrected chi connectivity index (χ0v) is 35.0. The number of fused-ring (bicyclic) bond motifs is 2. The summed E-state index contributed by atoms with van der Waals surface area (Å²) in [6, 6.07) is 20.7. The predicted octanol–water partition coefficient (Wildman–Crippen LogP) is 8.92. The number of rotatable bonds is 8. The Morgan fingerprint density at radius 1 is 0.790 bits per heavy atom. The molecule has 0 radical (unpaired) electrons. The summed E-state index contributed by atoms with van der Waals surface area (Å²) in [7, 11) is 0. The Balaban J connectivity index is 0.000000214. The second kappa shape index (κ2) is 18.4. The summed E-state index contributed by atoms with van der Waals surface area (Å²) in [4.78, 5) is 70.4. The normalized spacial score (nSPS) is 14.2. The Kier molecular flexibility index (Phi) is 13.2. The largest absolute Gasteiger partial charge is 0.508 e. The van der Waals surface area contributed by atoms with Gasteiger partial charge < -0.3 is 35.3 Å². The SMILES string of the molecule is CCOC(=O)[C@H]1CCCN(c2ccc(NC(=O)c3c[nH]c4ccccc4c3=O)c(C(F)(F)F)c2)C1.CCc1cc(C(C)(C)C)c(O)cc1NC(=O)c1c[nH]c2ccccc2c1=O. The van der Waals surface area contributed by atoms with Gasteiger partial charge in [-0.1, -0.05) is 52.0 Å². The maximum Gasteiger partial charge on any atom is 0.418 e. The molecule has 2 amide bonds. The van der Waals surface area contributed by atoms with Crippen LogP contribution in [0.15, 0.2) is 101 Å². The van der Waals surface area contributed by atoms with E-state index < -0.39 is 40.6 Å². The number of para-hydroxylation sites is 2. The van der Waals surface area contributed by atoms with E-state index in [0.29, 0.717) is 47.9 Å². The van der Waals surface area contributed by atoms with Gasteiger partial charge >= 0.3 is 12.1 Å². The minimum atomic E-state index is -4.76. The van der Waals surface area contributed by atoms with E-state index >= 15 is 0 Å². The number of piperidine rings is 1. The van der Waals surface area contributed by atoms with Crippen LogP contribution in [0.25, 0.3) is 21.8 Å². The number of hydrogen-bond donors (Lipinski definition) is 5. The number of nitrogens with zero attached hydrogens (tertiary/aromatic N) is 1. The van der Waals surface area contributed by atoms with Crippen LogP contribution in [0.3, 0.4) is 0 Å². The number of phenolic OH excluding ortho intramolecular Hbond substituents is 1. The van der Waals surface area contributed by atoms with Gasteiger partial charge in [0, 0.05) is 64.7 Å². The summed E-state index contributed by atoms with van der Waals surface area (Å²) < 4.78 is 46.9. The standard InChI is InChI=1S/C25H24F3N3O4.C22H24N2O3/c1-2-35-24(34)15-6-5-11-31(14-15)16-9-10-21(19(12-16)25(26,27)28)30-23(33)18-13-29-20-8-4-3-7-17(20)22(18)32;1-5-13-10-16(22(2,3)4)19(25)11-18(13)24-21(27)15-12-23-17-9-7-6-8-14(17)20(15)26/h3-4,7-10,12-13,15H,2,5-6,11,14H2,1H3,(H,29,32)(H,30,33);6-12,25H,5H2,1-4H3,(H,23,26)(H,24,27)/t15-;/m0./s1. The van der Waals surface area contributed by atoms with Gasteiger partial charge in [-0.3, -0.25) is 24.0 Å². The number of alkyl halides is 3. The number of carbonyl (C=O) groups excluding carboxylic acids is 3. The molecule has 0 saturated carbocycles. The molecule has 12 nitrogen and oxygen atoms in total. The fraction of sp³-hybridized carbons (Fsp3) is 0.298. The Labute approximate surface area is 355 Å². The number of phenols is 1. The Morgan fingerprint density at radius 2 is 1.35 bits per heavy atom. The third-order valence-electron chi connectivity index (χ3n) is 10.7. The quantitative estimate of drug-likeness (QED) is 0.0945. The molecule has 3 heterocycles. The number of esters is 1. The molecule has 4 aromatic carbocycles. The van der Waals surface area contributed by atoms with Crippen LogP contribution in [0.2, 0.25) is 0 Å². The summed E-state index contributed by atoms with van der Waals surface area (Å²) in [5, 5.41) is 16.2. The molecule has 0 aliphatic carbocycles. The Hall–Kier alpha value is -6.90. The lowest BCUT2D eigenvalue weighted by Crippen LogP contribution is -2.39. The van der Waals surface area contributed by atoms with E-state index in [2.05, 4.69) is 20.6 Å². The van der Waals surface area contributed by atoms with Gasteiger partial charge in [0.25, 0.3) is 11.8 Å². The molecule has 1 atom stereocenters. The zero-order chi connectivity index (χ0) is 44.9. The smallest absolute Gasteiger partial charge is 0.418 e. The predicted molar refractivity (Wildman–Crippen MR) is 234 cm³/mol. The molecule has 0 bridgehead atoms. The van der Waals surface area contributed by atoms with E-state index in [4.69, 9.17) is 4.74 Å². The van der Waals surface area contributed by atoms with E-state index in [-0.39, 0.29) is 57.9 Å². The van der Waals surface area contributed by atoms with E-state index in [9.17, 15) is 42.3 Å². The number of anilines is 3. The number of nitrogens with one attached hydrogen (secondary N) is 4. The van der Waals surface area contributed by atoms with Gasteiger partial charge in [0.2, 0.25) is 10.9 Å². The fourth-order valence-electron chi connectivity index (χ4n) is 7.43. The number of pyridine rings is 2. The van der Waals surface area contributed by atoms with Gasteiger partial charge in [-0.25, -0.2) is 0 Å². The Bertz CT molecular complexity index is 2770. The molecule has 1 fully saturated rings. The number of hydrogen-bond acceptors (Lipinski definition) is 8. The van der Waals surface area contributed by atoms with Crippen molar-refractivity contribution in [3.63, 3.8) is 0 Å². The third kappa shape index (κ3) is 9.83. The number of aromatic hydroxyl groups is 1. The van der Waals surface area contributed by atoms with Crippen molar-refractivity contribution in [3.05, 3.63) is 140 Å². The van der Waals surface area contributed by atoms with Crippen LogP contribution in [-0.2, 0) is 27.5 Å². The average Bonchev–Trinajstić information content (AvgIpc) is 3.24. The first-order chi connectivity index (χ1) is 29.4. The lowest BCUT2D eigenvalue weighted by molar-refractivity contribution is -0.148. The van der Waals surface area contributed by atoms with Crippen molar-refractivity contribution in [2.75, 3.05) is 35.2 Å². The van der Waals surface area contributed by atoms with Crippen molar-refractivity contribution in [2.24, 2.45) is 5.92 Å². The van der Waals surface area contributed by atoms with Crippen LogP contribution in [-0.4, -0.2) is 52.6 Å². The second-order valence-corrected chi connectivity index (χ2v) is 16.0. The van der Waals surface area contributed by atoms with Crippen molar-refractivity contribution in [2.45, 2.75) is 65.5 Å². The first kappa shape index (κ1) is 44.6. The number of aromatic nitrogens is 2.